The van der Waals surface area contributed by atoms with Crippen LogP contribution in [-0.4, -0.2) is 79.4 Å². The van der Waals surface area contributed by atoms with Gasteiger partial charge >= 0.3 is 0 Å². The van der Waals surface area contributed by atoms with Gasteiger partial charge in [-0.05, 0) is 31.0 Å². The number of nitrogens with zero attached hydrogens (tertiary/aromatic N) is 3. The molecule has 0 saturated carbocycles. The number of carbonyl (C=O) groups excluding carboxylic acids is 3. The highest BCUT2D eigenvalue weighted by Crippen LogP contribution is 2.35. The van der Waals surface area contributed by atoms with Gasteiger partial charge in [-0.25, -0.2) is 0 Å². The highest BCUT2D eigenvalue weighted by atomic mass is 16.5. The van der Waals surface area contributed by atoms with Gasteiger partial charge in [-0.1, -0.05) is 12.2 Å². The van der Waals surface area contributed by atoms with Crippen LogP contribution >= 0.6 is 0 Å². The molecule has 3 aliphatic rings. The number of imide groups is 1. The molecule has 1 aromatic carbocycles. The van der Waals surface area contributed by atoms with E-state index in [4.69, 9.17) is 9.47 Å². The Bertz CT molecular complexity index is 881. The van der Waals surface area contributed by atoms with Crippen LogP contribution in [0.2, 0.25) is 0 Å². The molecule has 2 atom stereocenters. The van der Waals surface area contributed by atoms with E-state index in [1.165, 1.54) is 4.90 Å². The van der Waals surface area contributed by atoms with Crippen molar-refractivity contribution >= 4 is 17.7 Å². The number of amides is 3. The zero-order valence-electron chi connectivity index (χ0n) is 18.8. The molecule has 0 unspecified atom stereocenters. The summed E-state index contributed by atoms with van der Waals surface area (Å²) in [5.74, 6) is 0.899. The fraction of sp³-hybridized carbons (Fsp3) is 0.542. The Morgan fingerprint density at radius 2 is 1.62 bits per heavy atom. The summed E-state index contributed by atoms with van der Waals surface area (Å²) in [4.78, 5) is 43.3. The maximum absolute atomic E-state index is 12.7. The molecule has 0 bridgehead atoms. The van der Waals surface area contributed by atoms with Crippen LogP contribution in [0.5, 0.6) is 11.5 Å². The van der Waals surface area contributed by atoms with Gasteiger partial charge in [-0.3, -0.25) is 24.2 Å². The first-order chi connectivity index (χ1) is 15.5. The number of hydrogen-bond donors (Lipinski definition) is 0. The van der Waals surface area contributed by atoms with Crippen molar-refractivity contribution in [1.82, 2.24) is 14.7 Å². The second-order valence-electron chi connectivity index (χ2n) is 8.57. The van der Waals surface area contributed by atoms with Crippen molar-refractivity contribution < 1.29 is 23.9 Å². The van der Waals surface area contributed by atoms with Gasteiger partial charge in [0.15, 0.2) is 0 Å². The van der Waals surface area contributed by atoms with E-state index < -0.39 is 0 Å². The number of fused-ring (bicyclic) bond motifs is 1. The molecule has 4 rings (SSSR count). The van der Waals surface area contributed by atoms with E-state index in [0.29, 0.717) is 25.9 Å². The summed E-state index contributed by atoms with van der Waals surface area (Å²) in [6.45, 7) is 3.66. The molecule has 1 aliphatic carbocycles. The number of rotatable bonds is 7. The van der Waals surface area contributed by atoms with Crippen LogP contribution in [0, 0.1) is 11.8 Å². The monoisotopic (exact) mass is 441 g/mol. The first-order valence-electron chi connectivity index (χ1n) is 11.2. The fourth-order valence-electron chi connectivity index (χ4n) is 4.86. The Morgan fingerprint density at radius 3 is 2.22 bits per heavy atom. The number of hydrogen-bond acceptors (Lipinski definition) is 6. The Balaban J connectivity index is 1.26. The minimum atomic E-state index is -0.236. The lowest BCUT2D eigenvalue weighted by molar-refractivity contribution is -0.141. The van der Waals surface area contributed by atoms with Crippen LogP contribution in [0.3, 0.4) is 0 Å². The fourth-order valence-corrected chi connectivity index (χ4v) is 4.86. The molecular formula is C24H31N3O5. The van der Waals surface area contributed by atoms with E-state index in [1.807, 2.05) is 35.3 Å². The van der Waals surface area contributed by atoms with Crippen molar-refractivity contribution in [3.05, 3.63) is 35.9 Å². The Morgan fingerprint density at radius 1 is 0.969 bits per heavy atom. The van der Waals surface area contributed by atoms with Crippen molar-refractivity contribution in [2.45, 2.75) is 25.8 Å². The third-order valence-electron chi connectivity index (χ3n) is 6.75. The van der Waals surface area contributed by atoms with E-state index in [-0.39, 0.29) is 42.5 Å². The molecule has 2 aliphatic heterocycles. The topological polar surface area (TPSA) is 79.4 Å². The zero-order valence-corrected chi connectivity index (χ0v) is 18.8. The molecule has 8 heteroatoms. The summed E-state index contributed by atoms with van der Waals surface area (Å²) in [6, 6.07) is 5.76. The summed E-state index contributed by atoms with van der Waals surface area (Å²) in [6.07, 6.45) is 5.39. The van der Waals surface area contributed by atoms with Gasteiger partial charge in [-0.15, -0.1) is 0 Å². The molecular weight excluding hydrogens is 410 g/mol. The van der Waals surface area contributed by atoms with E-state index in [0.717, 1.165) is 36.7 Å². The van der Waals surface area contributed by atoms with Crippen LogP contribution in [0.25, 0.3) is 0 Å². The van der Waals surface area contributed by atoms with Crippen LogP contribution in [0.15, 0.2) is 30.4 Å². The van der Waals surface area contributed by atoms with Gasteiger partial charge in [0, 0.05) is 51.3 Å². The molecule has 3 amide bonds. The predicted molar refractivity (Wildman–Crippen MR) is 118 cm³/mol. The average molecular weight is 442 g/mol. The summed E-state index contributed by atoms with van der Waals surface area (Å²) in [5.41, 5.74) is 1.05. The number of allylic oxidation sites excluding steroid dienone is 2. The highest BCUT2D eigenvalue weighted by Gasteiger charge is 2.47. The second kappa shape index (κ2) is 9.73. The average Bonchev–Trinajstić information content (AvgIpc) is 3.07. The molecule has 32 heavy (non-hydrogen) atoms. The number of piperazine rings is 1. The third-order valence-corrected chi connectivity index (χ3v) is 6.75. The number of ether oxygens (including phenoxy) is 2. The predicted octanol–water partition coefficient (Wildman–Crippen LogP) is 1.69. The molecule has 0 radical (unpaired) electrons. The van der Waals surface area contributed by atoms with Gasteiger partial charge < -0.3 is 14.4 Å². The molecule has 1 aromatic rings. The zero-order chi connectivity index (χ0) is 22.7. The highest BCUT2D eigenvalue weighted by molar-refractivity contribution is 6.05. The normalized spacial score (nSPS) is 23.4. The summed E-state index contributed by atoms with van der Waals surface area (Å²) >= 11 is 0. The van der Waals surface area contributed by atoms with Crippen molar-refractivity contribution in [2.75, 3.05) is 46.9 Å². The van der Waals surface area contributed by atoms with Gasteiger partial charge in [0.2, 0.25) is 17.7 Å². The maximum atomic E-state index is 12.7. The van der Waals surface area contributed by atoms with Crippen molar-refractivity contribution in [2.24, 2.45) is 11.8 Å². The molecule has 2 saturated heterocycles. The quantitative estimate of drug-likeness (QED) is 0.473. The second-order valence-corrected chi connectivity index (χ2v) is 8.57. The minimum Gasteiger partial charge on any atom is -0.497 e. The van der Waals surface area contributed by atoms with Gasteiger partial charge in [0.05, 0.1) is 26.1 Å². The molecule has 0 spiro atoms. The molecule has 0 N–H and O–H groups in total. The minimum absolute atomic E-state index is 0.00259. The standard InChI is InChI=1S/C24H31N3O5/c1-31-18-7-8-21(32-2)17(15-18)16-25-11-13-26(14-12-25)22(28)9-10-27-23(29)19-5-3-4-6-20(19)24(27)30/h3-4,7-8,15,19-20H,5-6,9-14,16H2,1-2H3/t19-,20+. The van der Waals surface area contributed by atoms with Crippen LogP contribution in [0.1, 0.15) is 24.8 Å². The smallest absolute Gasteiger partial charge is 0.233 e. The molecule has 8 nitrogen and oxygen atoms in total. The van der Waals surface area contributed by atoms with E-state index in [1.54, 1.807) is 14.2 Å². The summed E-state index contributed by atoms with van der Waals surface area (Å²) < 4.78 is 10.8. The Labute approximate surface area is 188 Å². The lowest BCUT2D eigenvalue weighted by atomic mass is 9.85. The molecule has 0 aromatic heterocycles. The first kappa shape index (κ1) is 22.3. The van der Waals surface area contributed by atoms with E-state index in [9.17, 15) is 14.4 Å². The van der Waals surface area contributed by atoms with Gasteiger partial charge in [0.1, 0.15) is 11.5 Å². The number of carbonyl (C=O) groups is 3. The summed E-state index contributed by atoms with van der Waals surface area (Å²) in [7, 11) is 3.30. The third kappa shape index (κ3) is 4.50. The molecule has 2 heterocycles. The Hall–Kier alpha value is -2.87. The van der Waals surface area contributed by atoms with Crippen LogP contribution in [-0.2, 0) is 20.9 Å². The summed E-state index contributed by atoms with van der Waals surface area (Å²) in [5, 5.41) is 0. The van der Waals surface area contributed by atoms with Crippen molar-refractivity contribution in [1.29, 1.82) is 0 Å². The van der Waals surface area contributed by atoms with E-state index >= 15 is 0 Å². The Kier molecular flexibility index (Phi) is 6.79. The van der Waals surface area contributed by atoms with Crippen LogP contribution in [0.4, 0.5) is 0 Å². The molecule has 2 fully saturated rings. The molecule has 172 valence electrons. The van der Waals surface area contributed by atoms with E-state index in [2.05, 4.69) is 4.90 Å². The van der Waals surface area contributed by atoms with Gasteiger partial charge in [0.25, 0.3) is 0 Å². The number of benzene rings is 1. The first-order valence-corrected chi connectivity index (χ1v) is 11.2. The lowest BCUT2D eigenvalue weighted by Crippen LogP contribution is -2.49. The number of methoxy groups -OCH3 is 2. The SMILES string of the molecule is COc1ccc(OC)c(CN2CCN(C(=O)CCN3C(=O)[C@H]4CC=CC[C@H]4C3=O)CC2)c1. The largest absolute Gasteiger partial charge is 0.497 e. The van der Waals surface area contributed by atoms with Crippen LogP contribution < -0.4 is 9.47 Å². The van der Waals surface area contributed by atoms with Gasteiger partial charge in [-0.2, -0.15) is 0 Å². The lowest BCUT2D eigenvalue weighted by Gasteiger charge is -2.35. The number of likely N-dealkylation sites (tertiary alicyclic amines) is 1. The van der Waals surface area contributed by atoms with Crippen molar-refractivity contribution in [3.63, 3.8) is 0 Å². The maximum Gasteiger partial charge on any atom is 0.233 e. The van der Waals surface area contributed by atoms with Crippen molar-refractivity contribution in [3.8, 4) is 11.5 Å².